The summed E-state index contributed by atoms with van der Waals surface area (Å²) in [4.78, 5) is 4.19. The Labute approximate surface area is 109 Å². The van der Waals surface area contributed by atoms with Crippen molar-refractivity contribution in [1.29, 1.82) is 0 Å². The zero-order chi connectivity index (χ0) is 13.0. The molecule has 0 atom stereocenters. The summed E-state index contributed by atoms with van der Waals surface area (Å²) in [6.45, 7) is 5.98. The second kappa shape index (κ2) is 5.85. The van der Waals surface area contributed by atoms with Gasteiger partial charge in [-0.3, -0.25) is 0 Å². The lowest BCUT2D eigenvalue weighted by atomic mass is 9.77. The largest absolute Gasteiger partial charge is 0.475 e. The minimum absolute atomic E-state index is 0.325. The van der Waals surface area contributed by atoms with Gasteiger partial charge >= 0.3 is 0 Å². The van der Waals surface area contributed by atoms with E-state index < -0.39 is 0 Å². The van der Waals surface area contributed by atoms with Crippen LogP contribution in [-0.4, -0.2) is 12.3 Å². The van der Waals surface area contributed by atoms with Gasteiger partial charge < -0.3 is 4.74 Å². The number of hydrogen-bond acceptors (Lipinski definition) is 2. The Hall–Kier alpha value is -1.57. The van der Waals surface area contributed by atoms with Gasteiger partial charge in [0.25, 0.3) is 0 Å². The van der Waals surface area contributed by atoms with Gasteiger partial charge in [-0.2, -0.15) is 0 Å². The third kappa shape index (κ3) is 3.00. The number of rotatable bonds is 4. The fourth-order valence-corrected chi connectivity index (χ4v) is 2.24. The van der Waals surface area contributed by atoms with E-state index in [0.717, 1.165) is 18.7 Å². The summed E-state index contributed by atoms with van der Waals surface area (Å²) < 4.78 is 5.81. The molecule has 0 spiro atoms. The molecule has 0 radical (unpaired) electrons. The van der Waals surface area contributed by atoms with Gasteiger partial charge in [0.2, 0.25) is 5.88 Å². The van der Waals surface area contributed by atoms with Gasteiger partial charge in [-0.1, -0.05) is 29.8 Å². The monoisotopic (exact) mass is 243 g/mol. The number of ether oxygens (including phenoxy) is 1. The summed E-state index contributed by atoms with van der Waals surface area (Å²) in [5, 5.41) is 0. The van der Waals surface area contributed by atoms with Crippen LogP contribution in [0.25, 0.3) is 0 Å². The van der Waals surface area contributed by atoms with Crippen molar-refractivity contribution >= 4 is 6.21 Å². The first-order chi connectivity index (χ1) is 8.72. The predicted molar refractivity (Wildman–Crippen MR) is 76.0 cm³/mol. The van der Waals surface area contributed by atoms with Crippen LogP contribution in [0.15, 0.2) is 41.2 Å². The highest BCUT2D eigenvalue weighted by atomic mass is 16.5. The first-order valence-corrected chi connectivity index (χ1v) is 6.61. The van der Waals surface area contributed by atoms with Crippen LogP contribution in [0.2, 0.25) is 0 Å². The zero-order valence-corrected chi connectivity index (χ0v) is 11.4. The lowest BCUT2D eigenvalue weighted by Gasteiger charge is -2.35. The molecule has 2 heteroatoms. The highest BCUT2D eigenvalue weighted by molar-refractivity contribution is 5.54. The molecule has 1 aliphatic rings. The van der Waals surface area contributed by atoms with Crippen LogP contribution in [0, 0.1) is 6.92 Å². The molecule has 2 nitrogen and oxygen atoms in total. The molecule has 0 bridgehead atoms. The van der Waals surface area contributed by atoms with Gasteiger partial charge in [-0.15, -0.1) is 0 Å². The van der Waals surface area contributed by atoms with Crippen molar-refractivity contribution in [2.45, 2.75) is 45.6 Å². The zero-order valence-electron chi connectivity index (χ0n) is 11.4. The molecule has 1 saturated carbocycles. The molecular formula is C16H21NO. The van der Waals surface area contributed by atoms with Gasteiger partial charge in [0.05, 0.1) is 0 Å². The molecule has 18 heavy (non-hydrogen) atoms. The normalized spacial score (nSPS) is 24.1. The van der Waals surface area contributed by atoms with E-state index in [4.69, 9.17) is 4.74 Å². The number of aliphatic imine (C=N–C) groups is 1. The molecule has 0 aromatic heterocycles. The van der Waals surface area contributed by atoms with Crippen LogP contribution >= 0.6 is 0 Å². The van der Waals surface area contributed by atoms with Crippen molar-refractivity contribution in [1.82, 2.24) is 0 Å². The van der Waals surface area contributed by atoms with Crippen molar-refractivity contribution in [3.8, 4) is 0 Å². The van der Waals surface area contributed by atoms with Crippen LogP contribution < -0.4 is 0 Å². The Kier molecular flexibility index (Phi) is 4.19. The van der Waals surface area contributed by atoms with Crippen molar-refractivity contribution in [2.75, 3.05) is 0 Å². The van der Waals surface area contributed by atoms with Crippen LogP contribution in [0.3, 0.4) is 0 Å². The molecule has 1 aliphatic carbocycles. The summed E-state index contributed by atoms with van der Waals surface area (Å²) in [6, 6.07) is 8.83. The maximum Gasteiger partial charge on any atom is 0.208 e. The average molecular weight is 243 g/mol. The van der Waals surface area contributed by atoms with Crippen LogP contribution in [-0.2, 0) is 4.74 Å². The van der Waals surface area contributed by atoms with Gasteiger partial charge in [0.1, 0.15) is 6.10 Å². The van der Waals surface area contributed by atoms with Gasteiger partial charge in [-0.25, -0.2) is 4.99 Å². The highest BCUT2D eigenvalue weighted by Crippen LogP contribution is 2.39. The fourth-order valence-electron chi connectivity index (χ4n) is 2.24. The standard InChI is InChI=1S/C16H21NO/c1-4-16(17-5-2)18-15-10-14(11-15)13-8-6-12(3)7-9-13/h4-9,14-15H,10-11H2,1-3H3/b16-4+,17-5-. The molecule has 1 fully saturated rings. The number of aryl methyl sites for hydroxylation is 1. The van der Waals surface area contributed by atoms with E-state index in [1.165, 1.54) is 11.1 Å². The molecule has 0 amide bonds. The Balaban J connectivity index is 1.85. The number of nitrogens with zero attached hydrogens (tertiary/aromatic N) is 1. The molecule has 0 heterocycles. The van der Waals surface area contributed by atoms with E-state index in [1.807, 2.05) is 19.9 Å². The quantitative estimate of drug-likeness (QED) is 0.573. The Morgan fingerprint density at radius 2 is 1.89 bits per heavy atom. The minimum atomic E-state index is 0.325. The number of allylic oxidation sites excluding steroid dienone is 1. The molecule has 96 valence electrons. The first kappa shape index (κ1) is 12.9. The van der Waals surface area contributed by atoms with E-state index in [2.05, 4.69) is 36.2 Å². The second-order valence-corrected chi connectivity index (χ2v) is 4.83. The van der Waals surface area contributed by atoms with Gasteiger partial charge in [-0.05, 0) is 51.2 Å². The molecular weight excluding hydrogens is 222 g/mol. The van der Waals surface area contributed by atoms with E-state index in [9.17, 15) is 0 Å². The maximum atomic E-state index is 5.81. The smallest absolute Gasteiger partial charge is 0.208 e. The Morgan fingerprint density at radius 1 is 1.22 bits per heavy atom. The average Bonchev–Trinajstić information content (AvgIpc) is 2.33. The summed E-state index contributed by atoms with van der Waals surface area (Å²) in [5.74, 6) is 1.39. The van der Waals surface area contributed by atoms with Gasteiger partial charge in [0, 0.05) is 6.21 Å². The summed E-state index contributed by atoms with van der Waals surface area (Å²) in [7, 11) is 0. The van der Waals surface area contributed by atoms with Crippen molar-refractivity contribution in [3.05, 3.63) is 47.4 Å². The van der Waals surface area contributed by atoms with E-state index >= 15 is 0 Å². The molecule has 0 saturated heterocycles. The lowest BCUT2D eigenvalue weighted by Crippen LogP contribution is -2.29. The highest BCUT2D eigenvalue weighted by Gasteiger charge is 2.32. The van der Waals surface area contributed by atoms with E-state index in [0.29, 0.717) is 12.0 Å². The molecule has 0 N–H and O–H groups in total. The van der Waals surface area contributed by atoms with Crippen LogP contribution in [0.4, 0.5) is 0 Å². The summed E-state index contributed by atoms with van der Waals surface area (Å²) >= 11 is 0. The molecule has 1 aromatic carbocycles. The number of hydrogen-bond donors (Lipinski definition) is 0. The SMILES string of the molecule is C/C=N\C(=C/C)OC1CC(c2ccc(C)cc2)C1. The van der Waals surface area contributed by atoms with Crippen LogP contribution in [0.5, 0.6) is 0 Å². The summed E-state index contributed by atoms with van der Waals surface area (Å²) in [5.41, 5.74) is 2.75. The van der Waals surface area contributed by atoms with Crippen molar-refractivity contribution in [2.24, 2.45) is 4.99 Å². The Morgan fingerprint density at radius 3 is 2.44 bits per heavy atom. The third-order valence-corrected chi connectivity index (χ3v) is 3.43. The predicted octanol–water partition coefficient (Wildman–Crippen LogP) is 4.21. The molecule has 0 aliphatic heterocycles. The molecule has 0 unspecified atom stereocenters. The van der Waals surface area contributed by atoms with Crippen molar-refractivity contribution in [3.63, 3.8) is 0 Å². The third-order valence-electron chi connectivity index (χ3n) is 3.43. The minimum Gasteiger partial charge on any atom is -0.475 e. The lowest BCUT2D eigenvalue weighted by molar-refractivity contribution is 0.0352. The molecule has 1 aromatic rings. The second-order valence-electron chi connectivity index (χ2n) is 4.83. The number of benzene rings is 1. The Bertz CT molecular complexity index is 439. The van der Waals surface area contributed by atoms with Crippen LogP contribution in [0.1, 0.15) is 43.7 Å². The molecule has 2 rings (SSSR count). The first-order valence-electron chi connectivity index (χ1n) is 6.61. The summed E-state index contributed by atoms with van der Waals surface area (Å²) in [6.07, 6.45) is 6.20. The van der Waals surface area contributed by atoms with E-state index in [-0.39, 0.29) is 0 Å². The van der Waals surface area contributed by atoms with Gasteiger partial charge in [0.15, 0.2) is 0 Å². The van der Waals surface area contributed by atoms with Crippen molar-refractivity contribution < 1.29 is 4.74 Å². The topological polar surface area (TPSA) is 21.6 Å². The maximum absolute atomic E-state index is 5.81. The fraction of sp³-hybridized carbons (Fsp3) is 0.438. The van der Waals surface area contributed by atoms with E-state index in [1.54, 1.807) is 6.21 Å².